The van der Waals surface area contributed by atoms with E-state index in [0.717, 1.165) is 19.4 Å². The summed E-state index contributed by atoms with van der Waals surface area (Å²) in [7, 11) is 0. The van der Waals surface area contributed by atoms with E-state index in [1.165, 1.54) is 0 Å². The third kappa shape index (κ3) is 1.64. The molecular weight excluding hydrogens is 116 g/mol. The number of epoxide rings is 1. The minimum Gasteiger partial charge on any atom is -0.369 e. The fourth-order valence-electron chi connectivity index (χ4n) is 1.04. The maximum Gasteiger partial charge on any atom is 0.0940 e. The number of nitrogens with two attached hydrogens (primary N) is 2. The zero-order valence-electron chi connectivity index (χ0n) is 5.60. The fourth-order valence-corrected chi connectivity index (χ4v) is 1.04. The van der Waals surface area contributed by atoms with Gasteiger partial charge in [-0.3, -0.25) is 0 Å². The lowest BCUT2D eigenvalue weighted by Gasteiger charge is -2.06. The normalized spacial score (nSPS) is 22.0. The lowest BCUT2D eigenvalue weighted by Crippen LogP contribution is -2.20. The van der Waals surface area contributed by atoms with Gasteiger partial charge in [0.2, 0.25) is 0 Å². The highest BCUT2D eigenvalue weighted by molar-refractivity contribution is 4.92. The third-order valence-electron chi connectivity index (χ3n) is 1.75. The van der Waals surface area contributed by atoms with Gasteiger partial charge in [0.1, 0.15) is 0 Å². The molecule has 1 rings (SSSR count). The van der Waals surface area contributed by atoms with Gasteiger partial charge < -0.3 is 16.2 Å². The molecule has 0 amide bonds. The lowest BCUT2D eigenvalue weighted by molar-refractivity contribution is 0.280. The summed E-state index contributed by atoms with van der Waals surface area (Å²) in [5.41, 5.74) is 10.8. The predicted octanol–water partition coefficient (Wildman–Crippen LogP) is -0.547. The molecule has 0 spiro atoms. The van der Waals surface area contributed by atoms with Crippen molar-refractivity contribution in [3.63, 3.8) is 0 Å². The molecule has 3 heteroatoms. The molecule has 1 saturated heterocycles. The van der Waals surface area contributed by atoms with Gasteiger partial charge in [-0.25, -0.2) is 0 Å². The Morgan fingerprint density at radius 1 is 1.22 bits per heavy atom. The molecule has 1 heterocycles. The summed E-state index contributed by atoms with van der Waals surface area (Å²) in [6, 6.07) is 0. The summed E-state index contributed by atoms with van der Waals surface area (Å²) in [5, 5.41) is 0. The maximum absolute atomic E-state index is 5.36. The molecule has 0 radical (unpaired) electrons. The second kappa shape index (κ2) is 2.64. The summed E-state index contributed by atoms with van der Waals surface area (Å²) in [6.45, 7) is 2.28. The van der Waals surface area contributed by atoms with Crippen LogP contribution in [0.15, 0.2) is 0 Å². The van der Waals surface area contributed by atoms with Gasteiger partial charge in [-0.15, -0.1) is 0 Å². The molecule has 0 aromatic heterocycles. The van der Waals surface area contributed by atoms with Crippen LogP contribution in [-0.4, -0.2) is 25.3 Å². The Kier molecular flexibility index (Phi) is 2.05. The minimum absolute atomic E-state index is 0.101. The van der Waals surface area contributed by atoms with Crippen LogP contribution in [0.4, 0.5) is 0 Å². The van der Waals surface area contributed by atoms with Crippen molar-refractivity contribution in [2.24, 2.45) is 11.5 Å². The summed E-state index contributed by atoms with van der Waals surface area (Å²) >= 11 is 0. The molecule has 9 heavy (non-hydrogen) atoms. The van der Waals surface area contributed by atoms with Crippen LogP contribution in [0.1, 0.15) is 12.8 Å². The third-order valence-corrected chi connectivity index (χ3v) is 1.75. The van der Waals surface area contributed by atoms with Gasteiger partial charge in [0.05, 0.1) is 12.2 Å². The van der Waals surface area contributed by atoms with Gasteiger partial charge in [0.15, 0.2) is 0 Å². The molecule has 0 aliphatic carbocycles. The fraction of sp³-hybridized carbons (Fsp3) is 1.00. The van der Waals surface area contributed by atoms with Crippen LogP contribution in [0.3, 0.4) is 0 Å². The zero-order chi connectivity index (χ0) is 6.74. The number of ether oxygens (including phenoxy) is 1. The van der Waals surface area contributed by atoms with E-state index in [0.29, 0.717) is 13.1 Å². The molecule has 1 aliphatic rings. The molecule has 0 aromatic carbocycles. The van der Waals surface area contributed by atoms with Crippen molar-refractivity contribution >= 4 is 0 Å². The molecule has 54 valence electrons. The van der Waals surface area contributed by atoms with Crippen LogP contribution in [0.2, 0.25) is 0 Å². The Bertz CT molecular complexity index is 83.1. The Balaban J connectivity index is 2.17. The van der Waals surface area contributed by atoms with E-state index in [1.54, 1.807) is 0 Å². The molecule has 0 bridgehead atoms. The molecule has 0 aromatic rings. The minimum atomic E-state index is 0.101. The van der Waals surface area contributed by atoms with Crippen LogP contribution < -0.4 is 11.5 Å². The summed E-state index contributed by atoms with van der Waals surface area (Å²) in [6.07, 6.45) is 1.92. The number of hydrogen-bond acceptors (Lipinski definition) is 3. The van der Waals surface area contributed by atoms with E-state index in [-0.39, 0.29) is 5.60 Å². The quantitative estimate of drug-likeness (QED) is 0.502. The maximum atomic E-state index is 5.36. The summed E-state index contributed by atoms with van der Waals surface area (Å²) < 4.78 is 5.22. The number of hydrogen-bond donors (Lipinski definition) is 2. The summed E-state index contributed by atoms with van der Waals surface area (Å²) in [4.78, 5) is 0. The molecule has 0 saturated carbocycles. The second-order valence-corrected chi connectivity index (χ2v) is 2.55. The van der Waals surface area contributed by atoms with E-state index in [1.807, 2.05) is 0 Å². The second-order valence-electron chi connectivity index (χ2n) is 2.55. The van der Waals surface area contributed by atoms with Gasteiger partial charge in [-0.05, 0) is 25.9 Å². The van der Waals surface area contributed by atoms with E-state index in [2.05, 4.69) is 0 Å². The van der Waals surface area contributed by atoms with Gasteiger partial charge in [-0.1, -0.05) is 0 Å². The van der Waals surface area contributed by atoms with E-state index >= 15 is 0 Å². The van der Waals surface area contributed by atoms with Gasteiger partial charge in [0.25, 0.3) is 0 Å². The highest BCUT2D eigenvalue weighted by atomic mass is 16.6. The van der Waals surface area contributed by atoms with E-state index in [9.17, 15) is 0 Å². The van der Waals surface area contributed by atoms with Crippen LogP contribution >= 0.6 is 0 Å². The lowest BCUT2D eigenvalue weighted by atomic mass is 10.0. The van der Waals surface area contributed by atoms with Crippen LogP contribution in [0.5, 0.6) is 0 Å². The predicted molar refractivity (Wildman–Crippen MR) is 36.0 cm³/mol. The van der Waals surface area contributed by atoms with Crippen molar-refractivity contribution in [1.29, 1.82) is 0 Å². The van der Waals surface area contributed by atoms with Crippen molar-refractivity contribution in [1.82, 2.24) is 0 Å². The molecule has 1 fully saturated rings. The molecule has 0 atom stereocenters. The Hall–Kier alpha value is -0.120. The standard InChI is InChI=1S/C6H14N2O/c7-3-1-6(2-4-8)5-9-6/h1-5,7-8H2. The smallest absolute Gasteiger partial charge is 0.0940 e. The van der Waals surface area contributed by atoms with Crippen molar-refractivity contribution in [2.45, 2.75) is 18.4 Å². The first-order chi connectivity index (χ1) is 4.33. The topological polar surface area (TPSA) is 64.6 Å². The highest BCUT2D eigenvalue weighted by Gasteiger charge is 2.42. The monoisotopic (exact) mass is 130 g/mol. The van der Waals surface area contributed by atoms with Crippen molar-refractivity contribution < 1.29 is 4.74 Å². The van der Waals surface area contributed by atoms with E-state index in [4.69, 9.17) is 16.2 Å². The highest BCUT2D eigenvalue weighted by Crippen LogP contribution is 2.33. The zero-order valence-corrected chi connectivity index (χ0v) is 5.60. The molecule has 3 nitrogen and oxygen atoms in total. The molecular formula is C6H14N2O. The Labute approximate surface area is 55.4 Å². The Morgan fingerprint density at radius 2 is 1.67 bits per heavy atom. The Morgan fingerprint density at radius 3 is 1.89 bits per heavy atom. The van der Waals surface area contributed by atoms with Crippen LogP contribution in [-0.2, 0) is 4.74 Å². The number of rotatable bonds is 4. The van der Waals surface area contributed by atoms with Crippen LogP contribution in [0, 0.1) is 0 Å². The first kappa shape index (κ1) is 6.99. The SMILES string of the molecule is NCCC1(CCN)CO1. The largest absolute Gasteiger partial charge is 0.369 e. The summed E-state index contributed by atoms with van der Waals surface area (Å²) in [5.74, 6) is 0. The van der Waals surface area contributed by atoms with Gasteiger partial charge >= 0.3 is 0 Å². The van der Waals surface area contributed by atoms with Crippen LogP contribution in [0.25, 0.3) is 0 Å². The van der Waals surface area contributed by atoms with Crippen molar-refractivity contribution in [3.05, 3.63) is 0 Å². The van der Waals surface area contributed by atoms with Gasteiger partial charge in [0, 0.05) is 0 Å². The average Bonchev–Trinajstić information content (AvgIpc) is 2.51. The molecule has 0 unspecified atom stereocenters. The van der Waals surface area contributed by atoms with E-state index < -0.39 is 0 Å². The first-order valence-electron chi connectivity index (χ1n) is 3.37. The van der Waals surface area contributed by atoms with Crippen molar-refractivity contribution in [3.8, 4) is 0 Å². The average molecular weight is 130 g/mol. The first-order valence-corrected chi connectivity index (χ1v) is 3.37. The molecule has 1 aliphatic heterocycles. The molecule has 4 N–H and O–H groups in total. The van der Waals surface area contributed by atoms with Crippen molar-refractivity contribution in [2.75, 3.05) is 19.7 Å². The van der Waals surface area contributed by atoms with Gasteiger partial charge in [-0.2, -0.15) is 0 Å².